The van der Waals surface area contributed by atoms with E-state index in [2.05, 4.69) is 0 Å². The second kappa shape index (κ2) is 9.62. The fourth-order valence-corrected chi connectivity index (χ4v) is 3.87. The molecule has 8 heteroatoms. The van der Waals surface area contributed by atoms with Crippen LogP contribution in [0.3, 0.4) is 0 Å². The lowest BCUT2D eigenvalue weighted by molar-refractivity contribution is -0.366. The van der Waals surface area contributed by atoms with Gasteiger partial charge in [-0.1, -0.05) is 29.8 Å². The Balaban J connectivity index is 1.94. The SMILES string of the molecule is CCOc1ccc(Cc2cc([C@]3(OC)O[C@@H](CO)[C@H](O)[C@@H](O)[C@@H]3O)ccc2Cl)cc1. The smallest absolute Gasteiger partial charge is 0.224 e. The first-order chi connectivity index (χ1) is 14.4. The minimum absolute atomic E-state index is 0.409. The zero-order valence-electron chi connectivity index (χ0n) is 16.9. The van der Waals surface area contributed by atoms with Crippen LogP contribution >= 0.6 is 11.6 Å². The number of hydrogen-bond donors (Lipinski definition) is 4. The monoisotopic (exact) mass is 438 g/mol. The van der Waals surface area contributed by atoms with Crippen molar-refractivity contribution in [3.63, 3.8) is 0 Å². The van der Waals surface area contributed by atoms with Crippen LogP contribution in [0.15, 0.2) is 42.5 Å². The fraction of sp³-hybridized carbons (Fsp3) is 0.455. The van der Waals surface area contributed by atoms with Crippen LogP contribution in [0, 0.1) is 0 Å². The van der Waals surface area contributed by atoms with Crippen molar-refractivity contribution in [2.75, 3.05) is 20.3 Å². The van der Waals surface area contributed by atoms with Gasteiger partial charge in [-0.25, -0.2) is 0 Å². The Hall–Kier alpha value is -1.71. The fourth-order valence-electron chi connectivity index (χ4n) is 3.68. The summed E-state index contributed by atoms with van der Waals surface area (Å²) in [6.45, 7) is 1.95. The highest BCUT2D eigenvalue weighted by atomic mass is 35.5. The molecule has 0 spiro atoms. The van der Waals surface area contributed by atoms with Crippen molar-refractivity contribution in [3.05, 3.63) is 64.2 Å². The van der Waals surface area contributed by atoms with E-state index >= 15 is 0 Å². The zero-order valence-corrected chi connectivity index (χ0v) is 17.6. The van der Waals surface area contributed by atoms with Gasteiger partial charge < -0.3 is 34.6 Å². The molecule has 2 aromatic rings. The lowest BCUT2D eigenvalue weighted by atomic mass is 9.87. The topological polar surface area (TPSA) is 109 Å². The summed E-state index contributed by atoms with van der Waals surface area (Å²) in [7, 11) is 1.32. The van der Waals surface area contributed by atoms with Crippen LogP contribution in [0.25, 0.3) is 0 Å². The van der Waals surface area contributed by atoms with Gasteiger partial charge in [0, 0.05) is 17.7 Å². The van der Waals surface area contributed by atoms with Crippen LogP contribution in [0.5, 0.6) is 5.75 Å². The van der Waals surface area contributed by atoms with Crippen molar-refractivity contribution in [1.29, 1.82) is 0 Å². The molecule has 0 unspecified atom stereocenters. The van der Waals surface area contributed by atoms with Crippen molar-refractivity contribution >= 4 is 11.6 Å². The van der Waals surface area contributed by atoms with Gasteiger partial charge >= 0.3 is 0 Å². The number of aliphatic hydroxyl groups excluding tert-OH is 4. The molecule has 0 aromatic heterocycles. The largest absolute Gasteiger partial charge is 0.494 e. The maximum atomic E-state index is 10.7. The number of rotatable bonds is 7. The number of aliphatic hydroxyl groups is 4. The standard InChI is InChI=1S/C22H27ClO7/c1-3-29-16-7-4-13(5-8-16)10-14-11-15(6-9-17(14)23)22(28-2)21(27)20(26)19(25)18(12-24)30-22/h4-9,11,18-21,24-27H,3,10,12H2,1-2H3/t18-,19-,20+,21-,22-/m0/s1. The Morgan fingerprint density at radius 2 is 1.77 bits per heavy atom. The second-order valence-electron chi connectivity index (χ2n) is 7.20. The van der Waals surface area contributed by atoms with Gasteiger partial charge in [-0.3, -0.25) is 0 Å². The molecule has 4 N–H and O–H groups in total. The van der Waals surface area contributed by atoms with Gasteiger partial charge in [0.15, 0.2) is 0 Å². The molecule has 0 bridgehead atoms. The maximum Gasteiger partial charge on any atom is 0.224 e. The zero-order chi connectivity index (χ0) is 21.9. The first kappa shape index (κ1) is 23.0. The number of methoxy groups -OCH3 is 1. The molecule has 1 aliphatic heterocycles. The molecule has 30 heavy (non-hydrogen) atoms. The first-order valence-corrected chi connectivity index (χ1v) is 10.1. The van der Waals surface area contributed by atoms with Crippen molar-refractivity contribution in [2.24, 2.45) is 0 Å². The Morgan fingerprint density at radius 1 is 1.07 bits per heavy atom. The molecule has 7 nitrogen and oxygen atoms in total. The highest BCUT2D eigenvalue weighted by Gasteiger charge is 2.55. The molecule has 0 amide bonds. The summed E-state index contributed by atoms with van der Waals surface area (Å²) < 4.78 is 16.7. The summed E-state index contributed by atoms with van der Waals surface area (Å²) in [5.74, 6) is -0.995. The maximum absolute atomic E-state index is 10.7. The number of hydrogen-bond acceptors (Lipinski definition) is 7. The molecule has 0 radical (unpaired) electrons. The predicted molar refractivity (Wildman–Crippen MR) is 111 cm³/mol. The van der Waals surface area contributed by atoms with Gasteiger partial charge in [0.1, 0.15) is 30.2 Å². The van der Waals surface area contributed by atoms with Gasteiger partial charge in [0.25, 0.3) is 0 Å². The number of benzene rings is 2. The van der Waals surface area contributed by atoms with E-state index in [0.717, 1.165) is 16.9 Å². The van der Waals surface area contributed by atoms with E-state index in [9.17, 15) is 20.4 Å². The average molecular weight is 439 g/mol. The number of halogens is 1. The van der Waals surface area contributed by atoms with Crippen molar-refractivity contribution < 1.29 is 34.6 Å². The van der Waals surface area contributed by atoms with Crippen molar-refractivity contribution in [2.45, 2.75) is 43.5 Å². The first-order valence-electron chi connectivity index (χ1n) is 9.75. The van der Waals surface area contributed by atoms with E-state index in [1.54, 1.807) is 18.2 Å². The number of ether oxygens (including phenoxy) is 3. The quantitative estimate of drug-likeness (QED) is 0.520. The lowest BCUT2D eigenvalue weighted by Crippen LogP contribution is -2.64. The van der Waals surface area contributed by atoms with Gasteiger partial charge in [0.2, 0.25) is 5.79 Å². The van der Waals surface area contributed by atoms with Crippen LogP contribution in [-0.4, -0.2) is 65.2 Å². The predicted octanol–water partition coefficient (Wildman–Crippen LogP) is 1.60. The molecule has 3 rings (SSSR count). The van der Waals surface area contributed by atoms with Crippen LogP contribution in [0.1, 0.15) is 23.6 Å². The van der Waals surface area contributed by atoms with Crippen LogP contribution in [0.4, 0.5) is 0 Å². The van der Waals surface area contributed by atoms with Gasteiger partial charge in [-0.15, -0.1) is 0 Å². The van der Waals surface area contributed by atoms with Gasteiger partial charge in [-0.05, 0) is 48.7 Å². The average Bonchev–Trinajstić information content (AvgIpc) is 2.76. The molecule has 0 aliphatic carbocycles. The molecule has 164 valence electrons. The highest BCUT2D eigenvalue weighted by Crippen LogP contribution is 2.40. The Bertz CT molecular complexity index is 842. The molecule has 5 atom stereocenters. The summed E-state index contributed by atoms with van der Waals surface area (Å²) in [6.07, 6.45) is -5.23. The van der Waals surface area contributed by atoms with E-state index in [-0.39, 0.29) is 0 Å². The molecule has 1 saturated heterocycles. The van der Waals surface area contributed by atoms with Crippen LogP contribution in [0.2, 0.25) is 5.02 Å². The summed E-state index contributed by atoms with van der Waals surface area (Å²) in [6, 6.07) is 12.6. The molecular formula is C22H27ClO7. The summed E-state index contributed by atoms with van der Waals surface area (Å²) >= 11 is 6.40. The Labute approximate surface area is 180 Å². The molecule has 1 aliphatic rings. The van der Waals surface area contributed by atoms with Crippen molar-refractivity contribution in [1.82, 2.24) is 0 Å². The molecule has 1 heterocycles. The minimum atomic E-state index is -1.77. The normalized spacial score (nSPS) is 29.0. The Morgan fingerprint density at radius 3 is 2.37 bits per heavy atom. The van der Waals surface area contributed by atoms with Crippen LogP contribution in [-0.2, 0) is 21.7 Å². The summed E-state index contributed by atoms with van der Waals surface area (Å²) in [4.78, 5) is 0. The Kier molecular flexibility index (Phi) is 7.36. The van der Waals surface area contributed by atoms with E-state index < -0.39 is 36.8 Å². The summed E-state index contributed by atoms with van der Waals surface area (Å²) in [5.41, 5.74) is 2.16. The van der Waals surface area contributed by atoms with Crippen molar-refractivity contribution in [3.8, 4) is 5.75 Å². The molecule has 2 aromatic carbocycles. The molecule has 0 saturated carbocycles. The molecule has 1 fully saturated rings. The second-order valence-corrected chi connectivity index (χ2v) is 7.60. The van der Waals surface area contributed by atoms with E-state index in [1.807, 2.05) is 31.2 Å². The van der Waals surface area contributed by atoms with Gasteiger partial charge in [-0.2, -0.15) is 0 Å². The van der Waals surface area contributed by atoms with E-state index in [1.165, 1.54) is 7.11 Å². The van der Waals surface area contributed by atoms with Crippen LogP contribution < -0.4 is 4.74 Å². The lowest BCUT2D eigenvalue weighted by Gasteiger charge is -2.47. The summed E-state index contributed by atoms with van der Waals surface area (Å²) in [5, 5.41) is 41.1. The van der Waals surface area contributed by atoms with E-state index in [4.69, 9.17) is 25.8 Å². The third kappa shape index (κ3) is 4.33. The molecular weight excluding hydrogens is 412 g/mol. The van der Waals surface area contributed by atoms with E-state index in [0.29, 0.717) is 23.6 Å². The highest BCUT2D eigenvalue weighted by molar-refractivity contribution is 6.31. The third-order valence-corrected chi connectivity index (χ3v) is 5.70. The minimum Gasteiger partial charge on any atom is -0.494 e. The van der Waals surface area contributed by atoms with Gasteiger partial charge in [0.05, 0.1) is 13.2 Å². The third-order valence-electron chi connectivity index (χ3n) is 5.33.